The number of esters is 1. The van der Waals surface area contributed by atoms with Crippen LogP contribution in [0.4, 0.5) is 0 Å². The highest BCUT2D eigenvalue weighted by molar-refractivity contribution is 5.71. The molecule has 1 heterocycles. The molecule has 0 amide bonds. The Morgan fingerprint density at radius 2 is 2.00 bits per heavy atom. The second-order valence-corrected chi connectivity index (χ2v) is 5.22. The predicted molar refractivity (Wildman–Crippen MR) is 72.1 cm³/mol. The number of carbonyl (C=O) groups excluding carboxylic acids is 2. The van der Waals surface area contributed by atoms with Gasteiger partial charge in [-0.2, -0.15) is 0 Å². The monoisotopic (exact) mass is 257 g/mol. The normalized spacial score (nSPS) is 21.9. The standard InChI is InChI=1S/C11H19NO3.C3H8/c1-7(2)8(6-13)5-9(12)10-3-4-11(14)15-10;1-3-2/h6-10H,3-5,12H2,1-2H3;3H2,1-2H3. The molecule has 0 aliphatic carbocycles. The van der Waals surface area contributed by atoms with E-state index in [1.54, 1.807) is 0 Å². The van der Waals surface area contributed by atoms with E-state index in [4.69, 9.17) is 10.5 Å². The lowest BCUT2D eigenvalue weighted by Gasteiger charge is -2.22. The lowest BCUT2D eigenvalue weighted by molar-refractivity contribution is -0.142. The van der Waals surface area contributed by atoms with Gasteiger partial charge in [-0.05, 0) is 18.8 Å². The molecule has 0 radical (unpaired) electrons. The fourth-order valence-electron chi connectivity index (χ4n) is 1.80. The molecule has 106 valence electrons. The Morgan fingerprint density at radius 1 is 1.44 bits per heavy atom. The van der Waals surface area contributed by atoms with E-state index in [0.717, 1.165) is 6.29 Å². The molecule has 3 atom stereocenters. The van der Waals surface area contributed by atoms with Gasteiger partial charge in [-0.25, -0.2) is 0 Å². The molecule has 18 heavy (non-hydrogen) atoms. The summed E-state index contributed by atoms with van der Waals surface area (Å²) in [4.78, 5) is 21.7. The molecule has 1 rings (SSSR count). The summed E-state index contributed by atoms with van der Waals surface area (Å²) in [7, 11) is 0. The Hall–Kier alpha value is -0.900. The number of hydrogen-bond donors (Lipinski definition) is 1. The molecule has 1 fully saturated rings. The van der Waals surface area contributed by atoms with Gasteiger partial charge in [0.15, 0.2) is 0 Å². The zero-order chi connectivity index (χ0) is 14.1. The quantitative estimate of drug-likeness (QED) is 0.606. The van der Waals surface area contributed by atoms with E-state index in [2.05, 4.69) is 13.8 Å². The number of hydrogen-bond acceptors (Lipinski definition) is 4. The summed E-state index contributed by atoms with van der Waals surface area (Å²) in [5.74, 6) is 0.0626. The first-order valence-electron chi connectivity index (χ1n) is 6.86. The Kier molecular flexibility index (Phi) is 8.63. The van der Waals surface area contributed by atoms with Crippen LogP contribution in [0.3, 0.4) is 0 Å². The molecule has 1 aliphatic rings. The van der Waals surface area contributed by atoms with Crippen LogP contribution in [-0.2, 0) is 14.3 Å². The van der Waals surface area contributed by atoms with Gasteiger partial charge in [0, 0.05) is 18.4 Å². The SMILES string of the molecule is CC(C)C(C=O)CC(N)C1CCC(=O)O1.CCC. The second-order valence-electron chi connectivity index (χ2n) is 5.22. The molecule has 2 N–H and O–H groups in total. The van der Waals surface area contributed by atoms with E-state index in [9.17, 15) is 9.59 Å². The molecule has 0 aromatic carbocycles. The lowest BCUT2D eigenvalue weighted by Crippen LogP contribution is -2.37. The summed E-state index contributed by atoms with van der Waals surface area (Å²) < 4.78 is 5.07. The topological polar surface area (TPSA) is 69.4 Å². The Morgan fingerprint density at radius 3 is 2.33 bits per heavy atom. The molecule has 0 spiro atoms. The molecule has 1 aliphatic heterocycles. The zero-order valence-corrected chi connectivity index (χ0v) is 12.0. The Labute approximate surface area is 110 Å². The van der Waals surface area contributed by atoms with Crippen LogP contribution in [0.2, 0.25) is 0 Å². The van der Waals surface area contributed by atoms with Gasteiger partial charge in [0.05, 0.1) is 0 Å². The van der Waals surface area contributed by atoms with E-state index in [0.29, 0.717) is 19.3 Å². The van der Waals surface area contributed by atoms with Gasteiger partial charge < -0.3 is 15.3 Å². The maximum Gasteiger partial charge on any atom is 0.306 e. The van der Waals surface area contributed by atoms with Crippen LogP contribution in [0.25, 0.3) is 0 Å². The minimum absolute atomic E-state index is 0.0423. The van der Waals surface area contributed by atoms with E-state index >= 15 is 0 Å². The Balaban J connectivity index is 0.000000873. The number of ether oxygens (including phenoxy) is 1. The van der Waals surface area contributed by atoms with Crippen molar-refractivity contribution < 1.29 is 14.3 Å². The van der Waals surface area contributed by atoms with Crippen molar-refractivity contribution in [2.45, 2.75) is 65.5 Å². The fraction of sp³-hybridized carbons (Fsp3) is 0.857. The summed E-state index contributed by atoms with van der Waals surface area (Å²) in [5.41, 5.74) is 5.92. The number of aldehydes is 1. The third-order valence-corrected chi connectivity index (χ3v) is 2.97. The van der Waals surface area contributed by atoms with Gasteiger partial charge in [0.25, 0.3) is 0 Å². The number of nitrogens with two attached hydrogens (primary N) is 1. The molecular formula is C14H27NO3. The summed E-state index contributed by atoms with van der Waals surface area (Å²) in [6, 6.07) is -0.214. The van der Waals surface area contributed by atoms with Crippen LogP contribution in [-0.4, -0.2) is 24.4 Å². The van der Waals surface area contributed by atoms with Crippen molar-refractivity contribution in [3.63, 3.8) is 0 Å². The summed E-state index contributed by atoms with van der Waals surface area (Å²) in [6.45, 7) is 8.24. The van der Waals surface area contributed by atoms with Gasteiger partial charge in [0.2, 0.25) is 0 Å². The fourth-order valence-corrected chi connectivity index (χ4v) is 1.80. The zero-order valence-electron chi connectivity index (χ0n) is 12.0. The van der Waals surface area contributed by atoms with Crippen LogP contribution in [0.1, 0.15) is 53.4 Å². The first-order valence-corrected chi connectivity index (χ1v) is 6.86. The van der Waals surface area contributed by atoms with Crippen molar-refractivity contribution in [2.75, 3.05) is 0 Å². The molecule has 3 unspecified atom stereocenters. The van der Waals surface area contributed by atoms with Crippen molar-refractivity contribution in [3.8, 4) is 0 Å². The first-order chi connectivity index (χ1) is 8.46. The molecule has 4 heteroatoms. The average molecular weight is 257 g/mol. The van der Waals surface area contributed by atoms with Crippen molar-refractivity contribution >= 4 is 12.3 Å². The summed E-state index contributed by atoms with van der Waals surface area (Å²) in [5, 5.41) is 0. The molecule has 0 aromatic rings. The van der Waals surface area contributed by atoms with Crippen molar-refractivity contribution in [1.29, 1.82) is 0 Å². The molecule has 0 aromatic heterocycles. The lowest BCUT2D eigenvalue weighted by atomic mass is 9.88. The predicted octanol–water partition coefficient (Wildman–Crippen LogP) is 2.30. The minimum Gasteiger partial charge on any atom is -0.461 e. The number of carbonyl (C=O) groups is 2. The van der Waals surface area contributed by atoms with Gasteiger partial charge >= 0.3 is 5.97 Å². The molecule has 1 saturated heterocycles. The van der Waals surface area contributed by atoms with Crippen LogP contribution < -0.4 is 5.73 Å². The number of rotatable bonds is 5. The van der Waals surface area contributed by atoms with Gasteiger partial charge in [-0.15, -0.1) is 0 Å². The average Bonchev–Trinajstić information content (AvgIpc) is 2.73. The Bertz CT molecular complexity index is 253. The highest BCUT2D eigenvalue weighted by Crippen LogP contribution is 2.22. The summed E-state index contributed by atoms with van der Waals surface area (Å²) in [6.07, 6.45) is 3.73. The van der Waals surface area contributed by atoms with Gasteiger partial charge in [0.1, 0.15) is 12.4 Å². The maximum atomic E-state index is 10.9. The molecule has 0 bridgehead atoms. The maximum absolute atomic E-state index is 10.9. The van der Waals surface area contributed by atoms with Crippen LogP contribution in [0.5, 0.6) is 0 Å². The summed E-state index contributed by atoms with van der Waals surface area (Å²) >= 11 is 0. The smallest absolute Gasteiger partial charge is 0.306 e. The second kappa shape index (κ2) is 9.09. The van der Waals surface area contributed by atoms with Crippen molar-refractivity contribution in [1.82, 2.24) is 0 Å². The van der Waals surface area contributed by atoms with Crippen LogP contribution in [0.15, 0.2) is 0 Å². The first kappa shape index (κ1) is 17.1. The van der Waals surface area contributed by atoms with Crippen molar-refractivity contribution in [2.24, 2.45) is 17.6 Å². The highest BCUT2D eigenvalue weighted by Gasteiger charge is 2.30. The molecule has 0 saturated carbocycles. The van der Waals surface area contributed by atoms with E-state index in [-0.39, 0.29) is 30.0 Å². The third kappa shape index (κ3) is 6.15. The molecular weight excluding hydrogens is 230 g/mol. The third-order valence-electron chi connectivity index (χ3n) is 2.97. The van der Waals surface area contributed by atoms with E-state index < -0.39 is 0 Å². The minimum atomic E-state index is -0.214. The van der Waals surface area contributed by atoms with Gasteiger partial charge in [-0.1, -0.05) is 34.1 Å². The van der Waals surface area contributed by atoms with Crippen molar-refractivity contribution in [3.05, 3.63) is 0 Å². The highest BCUT2D eigenvalue weighted by atomic mass is 16.5. The van der Waals surface area contributed by atoms with E-state index in [1.165, 1.54) is 6.42 Å². The van der Waals surface area contributed by atoms with Gasteiger partial charge in [-0.3, -0.25) is 4.79 Å². The van der Waals surface area contributed by atoms with Crippen LogP contribution >= 0.6 is 0 Å². The van der Waals surface area contributed by atoms with E-state index in [1.807, 2.05) is 13.8 Å². The number of cyclic esters (lactones) is 1. The largest absolute Gasteiger partial charge is 0.461 e. The molecule has 4 nitrogen and oxygen atoms in total. The van der Waals surface area contributed by atoms with Crippen LogP contribution in [0, 0.1) is 11.8 Å².